The first-order valence-corrected chi connectivity index (χ1v) is 6.09. The summed E-state index contributed by atoms with van der Waals surface area (Å²) in [5.74, 6) is 0.634. The Hall–Kier alpha value is -2.96. The van der Waals surface area contributed by atoms with Crippen molar-refractivity contribution in [2.45, 2.75) is 0 Å². The Labute approximate surface area is 112 Å². The number of H-pyrrole nitrogens is 2. The quantitative estimate of drug-likeness (QED) is 0.541. The second kappa shape index (κ2) is 3.77. The lowest BCUT2D eigenvalue weighted by molar-refractivity contribution is 0.879. The molecule has 4 aromatic rings. The first-order valence-electron chi connectivity index (χ1n) is 6.09. The van der Waals surface area contributed by atoms with Gasteiger partial charge in [0.2, 0.25) is 0 Å². The van der Waals surface area contributed by atoms with Gasteiger partial charge in [0.05, 0.1) is 11.0 Å². The van der Waals surface area contributed by atoms with E-state index in [1.165, 1.54) is 4.57 Å². The molecule has 20 heavy (non-hydrogen) atoms. The van der Waals surface area contributed by atoms with Gasteiger partial charge < -0.3 is 9.97 Å². The standard InChI is InChI=1S/C13H10N6O/c1-19-12-9(17-13(19)20)5-4-8(16-12)11-15-7-3-2-6-14-10(7)18-11/h2-6H,1H3,(H,17,20)(H,14,15,18). The van der Waals surface area contributed by atoms with E-state index < -0.39 is 0 Å². The summed E-state index contributed by atoms with van der Waals surface area (Å²) < 4.78 is 1.47. The molecule has 0 amide bonds. The highest BCUT2D eigenvalue weighted by molar-refractivity contribution is 5.78. The van der Waals surface area contributed by atoms with Crippen molar-refractivity contribution in [3.8, 4) is 11.5 Å². The summed E-state index contributed by atoms with van der Waals surface area (Å²) in [5, 5.41) is 0. The fourth-order valence-corrected chi connectivity index (χ4v) is 2.20. The average molecular weight is 266 g/mol. The molecular formula is C13H10N6O. The maximum atomic E-state index is 11.6. The molecule has 7 heteroatoms. The Morgan fingerprint density at radius 2 is 2.00 bits per heavy atom. The van der Waals surface area contributed by atoms with Crippen molar-refractivity contribution >= 4 is 22.3 Å². The summed E-state index contributed by atoms with van der Waals surface area (Å²) in [6, 6.07) is 7.38. The van der Waals surface area contributed by atoms with Gasteiger partial charge in [-0.15, -0.1) is 0 Å². The minimum Gasteiger partial charge on any atom is -0.335 e. The van der Waals surface area contributed by atoms with Gasteiger partial charge in [-0.2, -0.15) is 0 Å². The number of pyridine rings is 2. The lowest BCUT2D eigenvalue weighted by Gasteiger charge is -1.97. The van der Waals surface area contributed by atoms with E-state index in [1.54, 1.807) is 13.2 Å². The fourth-order valence-electron chi connectivity index (χ4n) is 2.20. The van der Waals surface area contributed by atoms with Crippen molar-refractivity contribution in [1.29, 1.82) is 0 Å². The van der Waals surface area contributed by atoms with Crippen molar-refractivity contribution in [3.05, 3.63) is 40.9 Å². The molecule has 0 aliphatic carbocycles. The zero-order valence-electron chi connectivity index (χ0n) is 10.6. The molecule has 0 aliphatic rings. The second-order valence-electron chi connectivity index (χ2n) is 4.52. The van der Waals surface area contributed by atoms with E-state index in [4.69, 9.17) is 0 Å². The summed E-state index contributed by atoms with van der Waals surface area (Å²) in [7, 11) is 1.68. The molecule has 0 saturated heterocycles. The third-order valence-corrected chi connectivity index (χ3v) is 3.24. The smallest absolute Gasteiger partial charge is 0.327 e. The van der Waals surface area contributed by atoms with Gasteiger partial charge in [-0.05, 0) is 24.3 Å². The van der Waals surface area contributed by atoms with E-state index in [-0.39, 0.29) is 5.69 Å². The molecule has 0 aliphatic heterocycles. The maximum absolute atomic E-state index is 11.6. The van der Waals surface area contributed by atoms with E-state index in [9.17, 15) is 4.79 Å². The number of hydrogen-bond acceptors (Lipinski definition) is 4. The summed E-state index contributed by atoms with van der Waals surface area (Å²) in [6.07, 6.45) is 1.69. The molecule has 2 N–H and O–H groups in total. The van der Waals surface area contributed by atoms with Crippen molar-refractivity contribution < 1.29 is 0 Å². The van der Waals surface area contributed by atoms with Crippen LogP contribution in [0.15, 0.2) is 35.3 Å². The first-order chi connectivity index (χ1) is 9.72. The van der Waals surface area contributed by atoms with E-state index in [1.807, 2.05) is 24.3 Å². The molecule has 0 fully saturated rings. The molecule has 0 atom stereocenters. The topological polar surface area (TPSA) is 92.2 Å². The third-order valence-electron chi connectivity index (χ3n) is 3.24. The maximum Gasteiger partial charge on any atom is 0.327 e. The van der Waals surface area contributed by atoms with Crippen LogP contribution in [0.3, 0.4) is 0 Å². The Balaban J connectivity index is 1.97. The van der Waals surface area contributed by atoms with Gasteiger partial charge in [0, 0.05) is 13.2 Å². The molecule has 0 saturated carbocycles. The molecule has 0 radical (unpaired) electrons. The molecule has 4 aromatic heterocycles. The molecule has 7 nitrogen and oxygen atoms in total. The summed E-state index contributed by atoms with van der Waals surface area (Å²) in [5.41, 5.74) is 3.29. The van der Waals surface area contributed by atoms with Crippen molar-refractivity contribution in [2.24, 2.45) is 7.05 Å². The SMILES string of the molecule is Cn1c(=O)[nH]c2ccc(-c3nc4ncccc4[nH]3)nc21. The number of fused-ring (bicyclic) bond motifs is 2. The molecule has 0 spiro atoms. The number of nitrogens with zero attached hydrogens (tertiary/aromatic N) is 4. The number of imidazole rings is 2. The summed E-state index contributed by atoms with van der Waals surface area (Å²) >= 11 is 0. The zero-order chi connectivity index (χ0) is 13.7. The number of hydrogen-bond donors (Lipinski definition) is 2. The molecular weight excluding hydrogens is 256 g/mol. The Bertz CT molecular complexity index is 960. The number of aryl methyl sites for hydroxylation is 1. The highest BCUT2D eigenvalue weighted by Gasteiger charge is 2.10. The van der Waals surface area contributed by atoms with E-state index in [2.05, 4.69) is 24.9 Å². The van der Waals surface area contributed by atoms with Crippen LogP contribution in [0, 0.1) is 0 Å². The van der Waals surface area contributed by atoms with Gasteiger partial charge in [-0.1, -0.05) is 0 Å². The molecule has 98 valence electrons. The van der Waals surface area contributed by atoms with Crippen molar-refractivity contribution in [3.63, 3.8) is 0 Å². The molecule has 4 rings (SSSR count). The largest absolute Gasteiger partial charge is 0.335 e. The van der Waals surface area contributed by atoms with Gasteiger partial charge in [0.1, 0.15) is 5.69 Å². The van der Waals surface area contributed by atoms with Gasteiger partial charge in [0.25, 0.3) is 0 Å². The monoisotopic (exact) mass is 266 g/mol. The van der Waals surface area contributed by atoms with Crippen molar-refractivity contribution in [2.75, 3.05) is 0 Å². The van der Waals surface area contributed by atoms with Gasteiger partial charge in [-0.3, -0.25) is 4.57 Å². The predicted octanol–water partition coefficient (Wildman–Crippen LogP) is 1.20. The number of nitrogens with one attached hydrogen (secondary N) is 2. The van der Waals surface area contributed by atoms with E-state index in [0.29, 0.717) is 28.3 Å². The Morgan fingerprint density at radius 3 is 2.85 bits per heavy atom. The molecule has 0 unspecified atom stereocenters. The normalized spacial score (nSPS) is 11.4. The number of aromatic nitrogens is 6. The van der Waals surface area contributed by atoms with Crippen LogP contribution in [0.4, 0.5) is 0 Å². The van der Waals surface area contributed by atoms with Crippen LogP contribution < -0.4 is 5.69 Å². The fraction of sp³-hybridized carbons (Fsp3) is 0.0769. The summed E-state index contributed by atoms with van der Waals surface area (Å²) in [6.45, 7) is 0. The van der Waals surface area contributed by atoms with Crippen LogP contribution in [0.1, 0.15) is 0 Å². The number of aromatic amines is 2. The third kappa shape index (κ3) is 1.46. The average Bonchev–Trinajstić information content (AvgIpc) is 3.01. The van der Waals surface area contributed by atoms with Crippen LogP contribution in [-0.2, 0) is 7.05 Å². The highest BCUT2D eigenvalue weighted by atomic mass is 16.1. The van der Waals surface area contributed by atoms with Crippen LogP contribution in [0.25, 0.3) is 33.8 Å². The Kier molecular flexibility index (Phi) is 2.06. The molecule has 4 heterocycles. The van der Waals surface area contributed by atoms with Crippen LogP contribution >= 0.6 is 0 Å². The van der Waals surface area contributed by atoms with E-state index in [0.717, 1.165) is 5.52 Å². The molecule has 0 aromatic carbocycles. The van der Waals surface area contributed by atoms with Gasteiger partial charge >= 0.3 is 5.69 Å². The molecule has 0 bridgehead atoms. The summed E-state index contributed by atoms with van der Waals surface area (Å²) in [4.78, 5) is 30.5. The van der Waals surface area contributed by atoms with Crippen LogP contribution in [0.2, 0.25) is 0 Å². The van der Waals surface area contributed by atoms with Gasteiger partial charge in [-0.25, -0.2) is 19.7 Å². The second-order valence-corrected chi connectivity index (χ2v) is 4.52. The number of rotatable bonds is 1. The highest BCUT2D eigenvalue weighted by Crippen LogP contribution is 2.19. The van der Waals surface area contributed by atoms with Crippen molar-refractivity contribution in [1.82, 2.24) is 29.5 Å². The minimum absolute atomic E-state index is 0.184. The first kappa shape index (κ1) is 10.9. The van der Waals surface area contributed by atoms with Crippen LogP contribution in [-0.4, -0.2) is 29.5 Å². The predicted molar refractivity (Wildman–Crippen MR) is 74.2 cm³/mol. The lowest BCUT2D eigenvalue weighted by atomic mass is 10.3. The minimum atomic E-state index is -0.184. The zero-order valence-corrected chi connectivity index (χ0v) is 10.6. The Morgan fingerprint density at radius 1 is 1.10 bits per heavy atom. The van der Waals surface area contributed by atoms with E-state index >= 15 is 0 Å². The van der Waals surface area contributed by atoms with Crippen LogP contribution in [0.5, 0.6) is 0 Å². The van der Waals surface area contributed by atoms with Gasteiger partial charge in [0.15, 0.2) is 17.1 Å². The lowest BCUT2D eigenvalue weighted by Crippen LogP contribution is -2.12.